The standard InChI is InChI=1S/C13H21N5OS/c1-18(9-4-5-9)7-6-15-13-10(11(14)17-20-13)12(19)16-8-2-3-8/h8-9,15H,2-7H2,1H3,(H2,14,17)(H,16,19). The molecule has 2 fully saturated rings. The summed E-state index contributed by atoms with van der Waals surface area (Å²) in [6.45, 7) is 1.77. The molecule has 1 amide bonds. The van der Waals surface area contributed by atoms with Crippen molar-refractivity contribution in [1.82, 2.24) is 14.6 Å². The lowest BCUT2D eigenvalue weighted by molar-refractivity contribution is 0.0953. The third-order valence-electron chi connectivity index (χ3n) is 3.78. The second kappa shape index (κ2) is 5.57. The molecule has 6 nitrogen and oxygen atoms in total. The van der Waals surface area contributed by atoms with Gasteiger partial charge < -0.3 is 21.3 Å². The normalized spacial score (nSPS) is 18.3. The van der Waals surface area contributed by atoms with Crippen molar-refractivity contribution >= 4 is 28.3 Å². The molecule has 2 aliphatic carbocycles. The molecular formula is C13H21N5OS. The third-order valence-corrected chi connectivity index (χ3v) is 4.60. The minimum Gasteiger partial charge on any atom is -0.382 e. The summed E-state index contributed by atoms with van der Waals surface area (Å²) in [5, 5.41) is 7.04. The predicted octanol–water partition coefficient (Wildman–Crippen LogP) is 1.12. The van der Waals surface area contributed by atoms with E-state index in [1.54, 1.807) is 0 Å². The Morgan fingerprint density at radius 1 is 1.45 bits per heavy atom. The first-order valence-corrected chi connectivity index (χ1v) is 7.92. The van der Waals surface area contributed by atoms with E-state index in [-0.39, 0.29) is 5.91 Å². The zero-order valence-corrected chi connectivity index (χ0v) is 12.5. The molecule has 0 aliphatic heterocycles. The van der Waals surface area contributed by atoms with Crippen LogP contribution in [-0.2, 0) is 0 Å². The topological polar surface area (TPSA) is 83.3 Å². The molecule has 0 unspecified atom stereocenters. The van der Waals surface area contributed by atoms with Gasteiger partial charge in [0.05, 0.1) is 0 Å². The number of likely N-dealkylation sites (N-methyl/N-ethyl adjacent to an activating group) is 1. The molecule has 2 saturated carbocycles. The number of nitrogens with zero attached hydrogens (tertiary/aromatic N) is 2. The Labute approximate surface area is 122 Å². The molecule has 20 heavy (non-hydrogen) atoms. The van der Waals surface area contributed by atoms with Crippen LogP contribution in [0, 0.1) is 0 Å². The Morgan fingerprint density at radius 3 is 2.85 bits per heavy atom. The van der Waals surface area contributed by atoms with Gasteiger partial charge in [0.15, 0.2) is 5.82 Å². The van der Waals surface area contributed by atoms with Gasteiger partial charge in [-0.2, -0.15) is 4.37 Å². The number of nitrogens with one attached hydrogen (secondary N) is 2. The van der Waals surface area contributed by atoms with Gasteiger partial charge in [-0.1, -0.05) is 0 Å². The number of hydrogen-bond donors (Lipinski definition) is 3. The second-order valence-electron chi connectivity index (χ2n) is 5.66. The molecular weight excluding hydrogens is 274 g/mol. The summed E-state index contributed by atoms with van der Waals surface area (Å²) < 4.78 is 4.09. The molecule has 3 rings (SSSR count). The minimum absolute atomic E-state index is 0.100. The monoisotopic (exact) mass is 295 g/mol. The Morgan fingerprint density at radius 2 is 2.20 bits per heavy atom. The van der Waals surface area contributed by atoms with Crippen molar-refractivity contribution in [1.29, 1.82) is 0 Å². The molecule has 1 aromatic heterocycles. The average Bonchev–Trinajstić information content (AvgIpc) is 3.29. The van der Waals surface area contributed by atoms with Crippen LogP contribution in [0.3, 0.4) is 0 Å². The second-order valence-corrected chi connectivity index (χ2v) is 6.43. The first-order chi connectivity index (χ1) is 9.65. The summed E-state index contributed by atoms with van der Waals surface area (Å²) in [6, 6.07) is 1.08. The van der Waals surface area contributed by atoms with E-state index < -0.39 is 0 Å². The first kappa shape index (κ1) is 13.6. The lowest BCUT2D eigenvalue weighted by atomic mass is 10.3. The fourth-order valence-corrected chi connectivity index (χ4v) is 2.91. The van der Waals surface area contributed by atoms with Gasteiger partial charge in [-0.25, -0.2) is 0 Å². The van der Waals surface area contributed by atoms with E-state index in [0.717, 1.165) is 37.0 Å². The van der Waals surface area contributed by atoms with Crippen LogP contribution in [-0.4, -0.2) is 47.4 Å². The van der Waals surface area contributed by atoms with Crippen molar-refractivity contribution < 1.29 is 4.79 Å². The number of carbonyl (C=O) groups excluding carboxylic acids is 1. The Bertz CT molecular complexity index is 495. The van der Waals surface area contributed by atoms with Crippen LogP contribution in [0.15, 0.2) is 0 Å². The van der Waals surface area contributed by atoms with E-state index >= 15 is 0 Å². The van der Waals surface area contributed by atoms with Crippen LogP contribution in [0.4, 0.5) is 10.8 Å². The van der Waals surface area contributed by atoms with Gasteiger partial charge in [0.25, 0.3) is 5.91 Å². The van der Waals surface area contributed by atoms with Gasteiger partial charge in [-0.15, -0.1) is 0 Å². The number of amides is 1. The number of hydrogen-bond acceptors (Lipinski definition) is 6. The van der Waals surface area contributed by atoms with Crippen LogP contribution in [0.1, 0.15) is 36.0 Å². The Hall–Kier alpha value is -1.34. The number of carbonyl (C=O) groups is 1. The van der Waals surface area contributed by atoms with Gasteiger partial charge in [-0.3, -0.25) is 4.79 Å². The maximum atomic E-state index is 12.1. The van der Waals surface area contributed by atoms with Crippen molar-refractivity contribution in [2.75, 3.05) is 31.2 Å². The van der Waals surface area contributed by atoms with Crippen LogP contribution in [0.25, 0.3) is 0 Å². The molecule has 1 heterocycles. The molecule has 4 N–H and O–H groups in total. The number of nitrogens with two attached hydrogens (primary N) is 1. The summed E-state index contributed by atoms with van der Waals surface area (Å²) in [4.78, 5) is 14.5. The molecule has 2 aliphatic rings. The summed E-state index contributed by atoms with van der Waals surface area (Å²) in [6.07, 6.45) is 4.74. The summed E-state index contributed by atoms with van der Waals surface area (Å²) >= 11 is 1.26. The van der Waals surface area contributed by atoms with E-state index in [4.69, 9.17) is 5.73 Å². The summed E-state index contributed by atoms with van der Waals surface area (Å²) in [5.74, 6) is 0.225. The number of nitrogen functional groups attached to an aromatic ring is 1. The van der Waals surface area contributed by atoms with E-state index in [2.05, 4.69) is 27.0 Å². The third kappa shape index (κ3) is 3.21. The van der Waals surface area contributed by atoms with E-state index in [9.17, 15) is 4.79 Å². The average molecular weight is 295 g/mol. The van der Waals surface area contributed by atoms with Crippen LogP contribution < -0.4 is 16.4 Å². The molecule has 0 bridgehead atoms. The number of anilines is 2. The highest BCUT2D eigenvalue weighted by Crippen LogP contribution is 2.29. The smallest absolute Gasteiger partial charge is 0.258 e. The van der Waals surface area contributed by atoms with Crippen molar-refractivity contribution in [2.45, 2.75) is 37.8 Å². The lowest BCUT2D eigenvalue weighted by Crippen LogP contribution is -2.28. The molecule has 0 saturated heterocycles. The molecule has 0 atom stereocenters. The minimum atomic E-state index is -0.100. The maximum Gasteiger partial charge on any atom is 0.258 e. The van der Waals surface area contributed by atoms with Crippen molar-refractivity contribution in [2.24, 2.45) is 0 Å². The molecule has 110 valence electrons. The maximum absolute atomic E-state index is 12.1. The van der Waals surface area contributed by atoms with E-state index in [0.29, 0.717) is 17.4 Å². The van der Waals surface area contributed by atoms with Crippen molar-refractivity contribution in [3.05, 3.63) is 5.56 Å². The van der Waals surface area contributed by atoms with Crippen LogP contribution in [0.5, 0.6) is 0 Å². The van der Waals surface area contributed by atoms with Crippen molar-refractivity contribution in [3.8, 4) is 0 Å². The fourth-order valence-electron chi connectivity index (χ4n) is 2.17. The molecule has 0 spiro atoms. The highest BCUT2D eigenvalue weighted by molar-refractivity contribution is 7.11. The highest BCUT2D eigenvalue weighted by Gasteiger charge is 2.28. The van der Waals surface area contributed by atoms with Gasteiger partial charge >= 0.3 is 0 Å². The largest absolute Gasteiger partial charge is 0.382 e. The Balaban J connectivity index is 1.56. The zero-order valence-electron chi connectivity index (χ0n) is 11.7. The molecule has 0 aromatic carbocycles. The van der Waals surface area contributed by atoms with Gasteiger partial charge in [0.2, 0.25) is 0 Å². The highest BCUT2D eigenvalue weighted by atomic mass is 32.1. The van der Waals surface area contributed by atoms with E-state index in [1.807, 2.05) is 0 Å². The number of aromatic nitrogens is 1. The van der Waals surface area contributed by atoms with E-state index in [1.165, 1.54) is 24.4 Å². The predicted molar refractivity (Wildman–Crippen MR) is 81.2 cm³/mol. The zero-order chi connectivity index (χ0) is 14.1. The quantitative estimate of drug-likeness (QED) is 0.702. The van der Waals surface area contributed by atoms with Gasteiger partial charge in [-0.05, 0) is 44.3 Å². The fraction of sp³-hybridized carbons (Fsp3) is 0.692. The van der Waals surface area contributed by atoms with Crippen LogP contribution >= 0.6 is 11.5 Å². The lowest BCUT2D eigenvalue weighted by Gasteiger charge is -2.16. The summed E-state index contributed by atoms with van der Waals surface area (Å²) in [5.41, 5.74) is 6.33. The molecule has 1 aromatic rings. The SMILES string of the molecule is CN(CCNc1snc(N)c1C(=O)NC1CC1)C1CC1. The van der Waals surface area contributed by atoms with Crippen molar-refractivity contribution in [3.63, 3.8) is 0 Å². The summed E-state index contributed by atoms with van der Waals surface area (Å²) in [7, 11) is 2.14. The van der Waals surface area contributed by atoms with Gasteiger partial charge in [0, 0.05) is 25.2 Å². The molecule has 0 radical (unpaired) electrons. The first-order valence-electron chi connectivity index (χ1n) is 7.15. The van der Waals surface area contributed by atoms with Gasteiger partial charge in [0.1, 0.15) is 10.6 Å². The Kier molecular flexibility index (Phi) is 3.80. The molecule has 7 heteroatoms. The van der Waals surface area contributed by atoms with Crippen LogP contribution in [0.2, 0.25) is 0 Å². The number of rotatable bonds is 7.